The molecule has 0 bridgehead atoms. The number of rotatable bonds is 8. The van der Waals surface area contributed by atoms with E-state index in [1.165, 1.54) is 12.1 Å². The number of sulfonamides is 1. The Morgan fingerprint density at radius 1 is 1.18 bits per heavy atom. The number of hydrogen-bond acceptors (Lipinski definition) is 5. The standard InChI is InChI=1S/C24H35N5O3S/c1-2-14-29-22-11-8-19(26-13-12-18-6-9-20(10-7-18)33(25,31)32)17-21(22)23(27-29)24(30)28-15-4-3-5-16-28/h6-7,9-10,19,26H,2-5,8,11-17H2,1H3,(H2,25,31,32). The van der Waals surface area contributed by atoms with Gasteiger partial charge in [-0.3, -0.25) is 9.48 Å². The molecule has 180 valence electrons. The Morgan fingerprint density at radius 2 is 1.91 bits per heavy atom. The molecule has 4 rings (SSSR count). The summed E-state index contributed by atoms with van der Waals surface area (Å²) in [5.74, 6) is 0.0939. The molecule has 1 unspecified atom stereocenters. The molecule has 1 aliphatic carbocycles. The maximum atomic E-state index is 13.3. The first-order chi connectivity index (χ1) is 15.9. The van der Waals surface area contributed by atoms with Crippen LogP contribution in [-0.4, -0.2) is 54.7 Å². The van der Waals surface area contributed by atoms with Crippen molar-refractivity contribution in [2.45, 2.75) is 75.8 Å². The average molecular weight is 474 g/mol. The van der Waals surface area contributed by atoms with Crippen LogP contribution in [0.4, 0.5) is 0 Å². The first-order valence-electron chi connectivity index (χ1n) is 12.1. The van der Waals surface area contributed by atoms with Gasteiger partial charge in [0.15, 0.2) is 5.69 Å². The van der Waals surface area contributed by atoms with Gasteiger partial charge in [0, 0.05) is 36.9 Å². The molecule has 1 aromatic carbocycles. The molecule has 0 radical (unpaired) electrons. The minimum absolute atomic E-state index is 0.0939. The highest BCUT2D eigenvalue weighted by molar-refractivity contribution is 7.89. The Bertz CT molecular complexity index is 1070. The lowest BCUT2D eigenvalue weighted by atomic mass is 9.90. The van der Waals surface area contributed by atoms with Crippen molar-refractivity contribution in [2.75, 3.05) is 19.6 Å². The number of benzene rings is 1. The quantitative estimate of drug-likeness (QED) is 0.611. The van der Waals surface area contributed by atoms with Crippen molar-refractivity contribution in [3.8, 4) is 0 Å². The third kappa shape index (κ3) is 5.65. The van der Waals surface area contributed by atoms with Crippen molar-refractivity contribution < 1.29 is 13.2 Å². The Hall–Kier alpha value is -2.23. The van der Waals surface area contributed by atoms with E-state index in [2.05, 4.69) is 16.9 Å². The predicted octanol–water partition coefficient (Wildman–Crippen LogP) is 2.26. The van der Waals surface area contributed by atoms with E-state index in [-0.39, 0.29) is 10.8 Å². The minimum atomic E-state index is -3.66. The van der Waals surface area contributed by atoms with Crippen molar-refractivity contribution >= 4 is 15.9 Å². The molecule has 33 heavy (non-hydrogen) atoms. The van der Waals surface area contributed by atoms with E-state index in [9.17, 15) is 13.2 Å². The van der Waals surface area contributed by atoms with Gasteiger partial charge < -0.3 is 10.2 Å². The van der Waals surface area contributed by atoms with E-state index in [0.29, 0.717) is 11.7 Å². The van der Waals surface area contributed by atoms with Crippen molar-refractivity contribution in [1.29, 1.82) is 0 Å². The molecule has 1 amide bonds. The summed E-state index contributed by atoms with van der Waals surface area (Å²) in [6.45, 7) is 5.44. The number of carbonyl (C=O) groups is 1. The summed E-state index contributed by atoms with van der Waals surface area (Å²) in [4.78, 5) is 15.4. The SMILES string of the molecule is CCCn1nc(C(=O)N2CCCCC2)c2c1CCC(NCCc1ccc(S(N)(=O)=O)cc1)C2. The molecule has 1 fully saturated rings. The van der Waals surface area contributed by atoms with Crippen LogP contribution in [0.5, 0.6) is 0 Å². The highest BCUT2D eigenvalue weighted by Gasteiger charge is 2.31. The summed E-state index contributed by atoms with van der Waals surface area (Å²) in [6.07, 6.45) is 7.90. The van der Waals surface area contributed by atoms with E-state index in [4.69, 9.17) is 10.2 Å². The van der Waals surface area contributed by atoms with Gasteiger partial charge in [-0.2, -0.15) is 5.10 Å². The van der Waals surface area contributed by atoms with Crippen LogP contribution in [0.2, 0.25) is 0 Å². The van der Waals surface area contributed by atoms with Gasteiger partial charge in [-0.1, -0.05) is 19.1 Å². The topological polar surface area (TPSA) is 110 Å². The lowest BCUT2D eigenvalue weighted by Gasteiger charge is -2.28. The van der Waals surface area contributed by atoms with Gasteiger partial charge in [-0.05, 0) is 75.6 Å². The third-order valence-electron chi connectivity index (χ3n) is 6.73. The number of aryl methyl sites for hydroxylation is 1. The number of nitrogens with zero attached hydrogens (tertiary/aromatic N) is 3. The van der Waals surface area contributed by atoms with Crippen LogP contribution in [-0.2, 0) is 35.8 Å². The fourth-order valence-electron chi connectivity index (χ4n) is 4.94. The first kappa shape index (κ1) is 23.9. The zero-order valence-corrected chi connectivity index (χ0v) is 20.2. The molecule has 8 nitrogen and oxygen atoms in total. The molecule has 1 aromatic heterocycles. The second-order valence-electron chi connectivity index (χ2n) is 9.18. The summed E-state index contributed by atoms with van der Waals surface area (Å²) < 4.78 is 24.9. The van der Waals surface area contributed by atoms with Crippen LogP contribution in [0, 0.1) is 0 Å². The number of carbonyl (C=O) groups excluding carboxylic acids is 1. The fraction of sp³-hybridized carbons (Fsp3) is 0.583. The summed E-state index contributed by atoms with van der Waals surface area (Å²) in [5.41, 5.74) is 4.07. The van der Waals surface area contributed by atoms with Crippen LogP contribution in [0.25, 0.3) is 0 Å². The molecular formula is C24H35N5O3S. The van der Waals surface area contributed by atoms with E-state index in [0.717, 1.165) is 82.3 Å². The second kappa shape index (κ2) is 10.4. The Labute approximate surface area is 196 Å². The number of hydrogen-bond donors (Lipinski definition) is 2. The minimum Gasteiger partial charge on any atom is -0.337 e. The molecule has 1 atom stereocenters. The van der Waals surface area contributed by atoms with Crippen LogP contribution in [0.1, 0.15) is 66.3 Å². The lowest BCUT2D eigenvalue weighted by molar-refractivity contribution is 0.0716. The molecule has 1 saturated heterocycles. The normalized spacial score (nSPS) is 18.8. The summed E-state index contributed by atoms with van der Waals surface area (Å²) in [6, 6.07) is 7.03. The largest absolute Gasteiger partial charge is 0.337 e. The van der Waals surface area contributed by atoms with Crippen LogP contribution < -0.4 is 10.5 Å². The van der Waals surface area contributed by atoms with Gasteiger partial charge in [-0.25, -0.2) is 13.6 Å². The molecule has 3 N–H and O–H groups in total. The Morgan fingerprint density at radius 3 is 2.58 bits per heavy atom. The van der Waals surface area contributed by atoms with Crippen LogP contribution in [0.3, 0.4) is 0 Å². The number of nitrogens with one attached hydrogen (secondary N) is 1. The maximum Gasteiger partial charge on any atom is 0.274 e. The van der Waals surface area contributed by atoms with Crippen molar-refractivity contribution in [1.82, 2.24) is 20.0 Å². The highest BCUT2D eigenvalue weighted by atomic mass is 32.2. The Balaban J connectivity index is 1.41. The summed E-state index contributed by atoms with van der Waals surface area (Å²) >= 11 is 0. The van der Waals surface area contributed by atoms with Gasteiger partial charge in [0.05, 0.1) is 4.90 Å². The molecule has 0 saturated carbocycles. The number of likely N-dealkylation sites (tertiary alicyclic amines) is 1. The molecule has 2 aromatic rings. The first-order valence-corrected chi connectivity index (χ1v) is 13.6. The molecule has 2 heterocycles. The lowest BCUT2D eigenvalue weighted by Crippen LogP contribution is -2.38. The van der Waals surface area contributed by atoms with Crippen molar-refractivity contribution in [3.63, 3.8) is 0 Å². The molecular weight excluding hydrogens is 438 g/mol. The number of nitrogens with two attached hydrogens (primary N) is 1. The van der Waals surface area contributed by atoms with Gasteiger partial charge in [-0.15, -0.1) is 0 Å². The van der Waals surface area contributed by atoms with Gasteiger partial charge in [0.1, 0.15) is 0 Å². The molecule has 2 aliphatic rings. The number of amides is 1. The number of aromatic nitrogens is 2. The van der Waals surface area contributed by atoms with Gasteiger partial charge in [0.25, 0.3) is 5.91 Å². The number of primary sulfonamides is 1. The number of piperidine rings is 1. The molecule has 1 aliphatic heterocycles. The summed E-state index contributed by atoms with van der Waals surface area (Å²) in [7, 11) is -3.66. The highest BCUT2D eigenvalue weighted by Crippen LogP contribution is 2.27. The smallest absolute Gasteiger partial charge is 0.274 e. The van der Waals surface area contributed by atoms with Crippen molar-refractivity contribution in [3.05, 3.63) is 46.8 Å². The van der Waals surface area contributed by atoms with Gasteiger partial charge >= 0.3 is 0 Å². The van der Waals surface area contributed by atoms with E-state index < -0.39 is 10.0 Å². The van der Waals surface area contributed by atoms with E-state index in [1.54, 1.807) is 12.1 Å². The zero-order valence-electron chi connectivity index (χ0n) is 19.4. The predicted molar refractivity (Wildman–Crippen MR) is 128 cm³/mol. The van der Waals surface area contributed by atoms with Crippen molar-refractivity contribution in [2.24, 2.45) is 5.14 Å². The third-order valence-corrected chi connectivity index (χ3v) is 7.66. The van der Waals surface area contributed by atoms with Gasteiger partial charge in [0.2, 0.25) is 10.0 Å². The molecule has 0 spiro atoms. The maximum absolute atomic E-state index is 13.3. The number of fused-ring (bicyclic) bond motifs is 1. The second-order valence-corrected chi connectivity index (χ2v) is 10.7. The monoisotopic (exact) mass is 473 g/mol. The van der Waals surface area contributed by atoms with Crippen LogP contribution in [0.15, 0.2) is 29.2 Å². The zero-order chi connectivity index (χ0) is 23.4. The Kier molecular flexibility index (Phi) is 7.51. The van der Waals surface area contributed by atoms with E-state index >= 15 is 0 Å². The fourth-order valence-corrected chi connectivity index (χ4v) is 5.46. The van der Waals surface area contributed by atoms with E-state index in [1.807, 2.05) is 17.0 Å². The molecule has 9 heteroatoms. The summed E-state index contributed by atoms with van der Waals surface area (Å²) in [5, 5.41) is 13.6. The van der Waals surface area contributed by atoms with Crippen LogP contribution >= 0.6 is 0 Å². The average Bonchev–Trinajstić information content (AvgIpc) is 3.17.